The molecule has 0 aromatic rings. The molecule has 33 heavy (non-hydrogen) atoms. The van der Waals surface area contributed by atoms with Crippen LogP contribution in [0.3, 0.4) is 0 Å². The Labute approximate surface area is 192 Å². The second kappa shape index (κ2) is 11.6. The molecule has 0 radical (unpaired) electrons. The number of aliphatic hydroxyl groups excluding tert-OH is 1. The van der Waals surface area contributed by atoms with Crippen molar-refractivity contribution in [3.8, 4) is 0 Å². The topological polar surface area (TPSA) is 125 Å². The molecule has 1 saturated heterocycles. The van der Waals surface area contributed by atoms with Crippen LogP contribution in [0.5, 0.6) is 0 Å². The van der Waals surface area contributed by atoms with Gasteiger partial charge in [0.15, 0.2) is 0 Å². The molecule has 4 unspecified atom stereocenters. The van der Waals surface area contributed by atoms with Crippen molar-refractivity contribution in [3.63, 3.8) is 0 Å². The van der Waals surface area contributed by atoms with E-state index >= 15 is 0 Å². The maximum absolute atomic E-state index is 12.8. The second-order valence-electron chi connectivity index (χ2n) is 8.05. The number of fused-ring (bicyclic) bond motifs is 1. The average Bonchev–Trinajstić information content (AvgIpc) is 2.99. The van der Waals surface area contributed by atoms with Crippen LogP contribution in [-0.2, 0) is 38.1 Å². The molecule has 1 heterocycles. The Morgan fingerprint density at radius 1 is 1.21 bits per heavy atom. The summed E-state index contributed by atoms with van der Waals surface area (Å²) in [7, 11) is 0. The van der Waals surface area contributed by atoms with E-state index in [1.807, 2.05) is 13.0 Å². The van der Waals surface area contributed by atoms with Gasteiger partial charge in [0.05, 0.1) is 18.1 Å². The molecule has 9 heteroatoms. The molecule has 2 rings (SSSR count). The molecule has 1 N–H and O–H groups in total. The van der Waals surface area contributed by atoms with Gasteiger partial charge in [-0.3, -0.25) is 9.59 Å². The lowest BCUT2D eigenvalue weighted by Gasteiger charge is -2.28. The first kappa shape index (κ1) is 26.1. The Hall–Kier alpha value is -3.20. The molecule has 0 spiro atoms. The minimum Gasteiger partial charge on any atom is -0.462 e. The van der Waals surface area contributed by atoms with Crippen LogP contribution in [0.4, 0.5) is 0 Å². The van der Waals surface area contributed by atoms with Crippen LogP contribution >= 0.6 is 0 Å². The molecule has 180 valence electrons. The van der Waals surface area contributed by atoms with Crippen molar-refractivity contribution >= 4 is 23.9 Å². The molecule has 4 atom stereocenters. The Morgan fingerprint density at radius 2 is 1.91 bits per heavy atom. The van der Waals surface area contributed by atoms with Crippen LogP contribution in [0.25, 0.3) is 0 Å². The third-order valence-corrected chi connectivity index (χ3v) is 5.42. The number of esters is 4. The van der Waals surface area contributed by atoms with Crippen LogP contribution in [0.1, 0.15) is 40.5 Å². The molecule has 0 bridgehead atoms. The highest BCUT2D eigenvalue weighted by molar-refractivity contribution is 5.92. The molecular weight excluding hydrogens is 432 g/mol. The van der Waals surface area contributed by atoms with Gasteiger partial charge in [-0.25, -0.2) is 9.59 Å². The van der Waals surface area contributed by atoms with E-state index in [0.29, 0.717) is 12.0 Å². The molecule has 1 fully saturated rings. The summed E-state index contributed by atoms with van der Waals surface area (Å²) in [5.41, 5.74) is 1.62. The predicted molar refractivity (Wildman–Crippen MR) is 116 cm³/mol. The largest absolute Gasteiger partial charge is 0.462 e. The van der Waals surface area contributed by atoms with Crippen molar-refractivity contribution in [2.75, 3.05) is 13.2 Å². The van der Waals surface area contributed by atoms with Crippen molar-refractivity contribution in [2.45, 2.75) is 58.8 Å². The van der Waals surface area contributed by atoms with Gasteiger partial charge in [0, 0.05) is 32.3 Å². The summed E-state index contributed by atoms with van der Waals surface area (Å²) in [5.74, 6) is -3.04. The summed E-state index contributed by atoms with van der Waals surface area (Å²) >= 11 is 0. The quantitative estimate of drug-likeness (QED) is 0.273. The van der Waals surface area contributed by atoms with E-state index in [9.17, 15) is 24.3 Å². The van der Waals surface area contributed by atoms with Crippen LogP contribution in [0, 0.1) is 5.92 Å². The first-order valence-electron chi connectivity index (χ1n) is 10.6. The highest BCUT2D eigenvalue weighted by Crippen LogP contribution is 2.36. The lowest BCUT2D eigenvalue weighted by atomic mass is 9.85. The summed E-state index contributed by atoms with van der Waals surface area (Å²) in [4.78, 5) is 47.5. The number of carbonyl (C=O) groups excluding carboxylic acids is 4. The van der Waals surface area contributed by atoms with Crippen molar-refractivity contribution in [3.05, 3.63) is 47.1 Å². The van der Waals surface area contributed by atoms with Gasteiger partial charge in [-0.05, 0) is 31.6 Å². The van der Waals surface area contributed by atoms with Gasteiger partial charge in [-0.2, -0.15) is 0 Å². The molecule has 0 aromatic carbocycles. The molecule has 2 aliphatic rings. The third kappa shape index (κ3) is 7.15. The van der Waals surface area contributed by atoms with E-state index in [4.69, 9.17) is 18.9 Å². The number of carbonyl (C=O) groups is 4. The molecule has 0 amide bonds. The van der Waals surface area contributed by atoms with Crippen molar-refractivity contribution in [1.82, 2.24) is 0 Å². The smallest absolute Gasteiger partial charge is 0.336 e. The molecule has 0 saturated carbocycles. The number of hydrogen-bond donors (Lipinski definition) is 1. The van der Waals surface area contributed by atoms with E-state index in [2.05, 4.69) is 6.58 Å². The summed E-state index contributed by atoms with van der Waals surface area (Å²) in [5, 5.41) is 9.57. The zero-order valence-electron chi connectivity index (χ0n) is 19.3. The number of hydrogen-bond acceptors (Lipinski definition) is 9. The second-order valence-corrected chi connectivity index (χ2v) is 8.05. The van der Waals surface area contributed by atoms with Crippen LogP contribution < -0.4 is 0 Å². The lowest BCUT2D eigenvalue weighted by molar-refractivity contribution is -0.148. The SMILES string of the molecule is C=C1C(=O)OC2C=C(C)C(OC(C)=O)CC=C(C)CC(OC(=O)C(=CCOC(C)=O)CO)C12. The zero-order valence-corrected chi connectivity index (χ0v) is 19.3. The van der Waals surface area contributed by atoms with Gasteiger partial charge >= 0.3 is 23.9 Å². The molecule has 0 aromatic heterocycles. The lowest BCUT2D eigenvalue weighted by Crippen LogP contribution is -2.34. The standard InChI is InChI=1S/C24H30O9/c1-13-6-7-19(31-17(5)27)14(2)11-21-22(15(3)23(28)32-21)20(10-13)33-24(29)18(12-25)8-9-30-16(4)26/h6,8,11,19-22,25H,3,7,9-10,12H2,1-2,4-5H3. The summed E-state index contributed by atoms with van der Waals surface area (Å²) < 4.78 is 21.4. The Bertz CT molecular complexity index is 909. The highest BCUT2D eigenvalue weighted by atomic mass is 16.6. The van der Waals surface area contributed by atoms with E-state index in [1.54, 1.807) is 13.0 Å². The minimum absolute atomic E-state index is 0.0796. The van der Waals surface area contributed by atoms with Crippen molar-refractivity contribution in [2.24, 2.45) is 5.92 Å². The maximum Gasteiger partial charge on any atom is 0.336 e. The fraction of sp³-hybridized carbons (Fsp3) is 0.500. The molecule has 9 nitrogen and oxygen atoms in total. The summed E-state index contributed by atoms with van der Waals surface area (Å²) in [6, 6.07) is 0. The average molecular weight is 462 g/mol. The van der Waals surface area contributed by atoms with Gasteiger partial charge in [0.1, 0.15) is 24.9 Å². The fourth-order valence-electron chi connectivity index (χ4n) is 3.71. The number of aliphatic hydroxyl groups is 1. The molecular formula is C24H30O9. The molecule has 1 aliphatic carbocycles. The minimum atomic E-state index is -0.810. The zero-order chi connectivity index (χ0) is 24.7. The van der Waals surface area contributed by atoms with Gasteiger partial charge in [0.25, 0.3) is 0 Å². The number of rotatable bonds is 6. The van der Waals surface area contributed by atoms with E-state index in [-0.39, 0.29) is 24.2 Å². The Kier molecular flexibility index (Phi) is 9.16. The van der Waals surface area contributed by atoms with Gasteiger partial charge in [-0.1, -0.05) is 18.2 Å². The van der Waals surface area contributed by atoms with E-state index in [0.717, 1.165) is 5.57 Å². The summed E-state index contributed by atoms with van der Waals surface area (Å²) in [6.07, 6.45) is 3.42. The molecule has 1 aliphatic heterocycles. The van der Waals surface area contributed by atoms with Crippen LogP contribution in [0.2, 0.25) is 0 Å². The van der Waals surface area contributed by atoms with Gasteiger partial charge in [-0.15, -0.1) is 0 Å². The van der Waals surface area contributed by atoms with Gasteiger partial charge < -0.3 is 24.1 Å². The maximum atomic E-state index is 12.8. The first-order valence-corrected chi connectivity index (χ1v) is 10.6. The normalized spacial score (nSPS) is 25.8. The van der Waals surface area contributed by atoms with Crippen molar-refractivity contribution < 1.29 is 43.2 Å². The highest BCUT2D eigenvalue weighted by Gasteiger charge is 2.45. The number of ether oxygens (including phenoxy) is 4. The van der Waals surface area contributed by atoms with E-state index in [1.165, 1.54) is 19.9 Å². The monoisotopic (exact) mass is 462 g/mol. The van der Waals surface area contributed by atoms with E-state index < -0.39 is 54.7 Å². The Balaban J connectivity index is 2.36. The summed E-state index contributed by atoms with van der Waals surface area (Å²) in [6.45, 7) is 9.19. The Morgan fingerprint density at radius 3 is 2.52 bits per heavy atom. The van der Waals surface area contributed by atoms with Crippen molar-refractivity contribution in [1.29, 1.82) is 0 Å². The van der Waals surface area contributed by atoms with Crippen LogP contribution in [-0.4, -0.2) is 60.5 Å². The van der Waals surface area contributed by atoms with Crippen LogP contribution in [0.15, 0.2) is 47.1 Å². The third-order valence-electron chi connectivity index (χ3n) is 5.42. The first-order chi connectivity index (χ1) is 15.5. The fourth-order valence-corrected chi connectivity index (χ4v) is 3.71. The predicted octanol–water partition coefficient (Wildman–Crippen LogP) is 2.10. The van der Waals surface area contributed by atoms with Gasteiger partial charge in [0.2, 0.25) is 0 Å².